The van der Waals surface area contributed by atoms with Gasteiger partial charge >= 0.3 is 0 Å². The van der Waals surface area contributed by atoms with Crippen LogP contribution in [0.25, 0.3) is 0 Å². The van der Waals surface area contributed by atoms with Gasteiger partial charge in [-0.15, -0.1) is 0 Å². The van der Waals surface area contributed by atoms with Gasteiger partial charge in [0, 0.05) is 39.5 Å². The molecule has 0 radical (unpaired) electrons. The first-order chi connectivity index (χ1) is 12.7. The summed E-state index contributed by atoms with van der Waals surface area (Å²) < 4.78 is 60.7. The van der Waals surface area contributed by atoms with Crippen molar-refractivity contribution in [3.8, 4) is 0 Å². The van der Waals surface area contributed by atoms with E-state index in [9.17, 15) is 16.8 Å². The van der Waals surface area contributed by atoms with Crippen molar-refractivity contribution in [2.75, 3.05) is 52.0 Å². The second kappa shape index (κ2) is 8.14. The quantitative estimate of drug-likeness (QED) is 0.639. The van der Waals surface area contributed by atoms with Gasteiger partial charge in [0.05, 0.1) is 36.0 Å². The average Bonchev–Trinajstić information content (AvgIpc) is 2.92. The van der Waals surface area contributed by atoms with Gasteiger partial charge in [0.2, 0.25) is 10.0 Å². The summed E-state index contributed by atoms with van der Waals surface area (Å²) in [6, 6.07) is 6.56. The molecule has 1 aromatic rings. The minimum Gasteiger partial charge on any atom is -0.383 e. The van der Waals surface area contributed by atoms with Crippen LogP contribution in [0.5, 0.6) is 0 Å². The molecule has 27 heavy (non-hydrogen) atoms. The molecule has 0 saturated carbocycles. The first-order valence-electron chi connectivity index (χ1n) is 8.82. The first-order valence-corrected chi connectivity index (χ1v) is 12.3. The highest BCUT2D eigenvalue weighted by atomic mass is 32.2. The van der Waals surface area contributed by atoms with Gasteiger partial charge in [-0.05, 0) is 17.7 Å². The summed E-state index contributed by atoms with van der Waals surface area (Å²) >= 11 is 0. The van der Waals surface area contributed by atoms with Crippen molar-refractivity contribution < 1.29 is 26.3 Å². The van der Waals surface area contributed by atoms with Crippen LogP contribution in [0.2, 0.25) is 0 Å². The number of benzene rings is 1. The number of ether oxygens (including phenoxy) is 2. The van der Waals surface area contributed by atoms with Gasteiger partial charge in [-0.2, -0.15) is 4.31 Å². The molecule has 0 amide bonds. The van der Waals surface area contributed by atoms with Gasteiger partial charge in [0.1, 0.15) is 0 Å². The smallest absolute Gasteiger partial charge is 0.216 e. The third-order valence-corrected chi connectivity index (χ3v) is 7.97. The molecule has 8 nitrogen and oxygen atoms in total. The number of sulfone groups is 1. The van der Waals surface area contributed by atoms with Gasteiger partial charge in [-0.3, -0.25) is 4.90 Å². The molecule has 0 aliphatic carbocycles. The number of methoxy groups -OCH3 is 1. The molecule has 152 valence electrons. The summed E-state index contributed by atoms with van der Waals surface area (Å²) in [5, 5.41) is 0. The fraction of sp³-hybridized carbons (Fsp3) is 0.647. The van der Waals surface area contributed by atoms with E-state index in [1.54, 1.807) is 31.4 Å². The van der Waals surface area contributed by atoms with E-state index >= 15 is 0 Å². The lowest BCUT2D eigenvalue weighted by Crippen LogP contribution is -2.47. The zero-order valence-electron chi connectivity index (χ0n) is 15.6. The summed E-state index contributed by atoms with van der Waals surface area (Å²) in [6.07, 6.45) is 1.01. The molecule has 0 spiro atoms. The molecule has 10 heteroatoms. The normalized spacial score (nSPS) is 26.6. The predicted molar refractivity (Wildman–Crippen MR) is 101 cm³/mol. The van der Waals surface area contributed by atoms with Crippen LogP contribution in [-0.2, 0) is 35.9 Å². The van der Waals surface area contributed by atoms with Crippen molar-refractivity contribution >= 4 is 19.9 Å². The SMILES string of the molecule is COCCN1[C@@H]2CN(Cc3ccc(S(C)(=O)=O)cc3)C[C@@H]2OCCS1(=O)=O. The van der Waals surface area contributed by atoms with Gasteiger partial charge in [0.25, 0.3) is 0 Å². The third-order valence-electron chi connectivity index (χ3n) is 4.99. The Morgan fingerprint density at radius 1 is 1.22 bits per heavy atom. The van der Waals surface area contributed by atoms with Crippen LogP contribution in [0.3, 0.4) is 0 Å². The third kappa shape index (κ3) is 4.87. The van der Waals surface area contributed by atoms with Crippen LogP contribution in [0.4, 0.5) is 0 Å². The highest BCUT2D eigenvalue weighted by Crippen LogP contribution is 2.26. The number of nitrogens with zero attached hydrogens (tertiary/aromatic N) is 2. The number of hydrogen-bond acceptors (Lipinski definition) is 7. The second-order valence-corrected chi connectivity index (χ2v) is 11.1. The van der Waals surface area contributed by atoms with E-state index in [1.165, 1.54) is 10.6 Å². The van der Waals surface area contributed by atoms with Gasteiger partial charge < -0.3 is 9.47 Å². The van der Waals surface area contributed by atoms with Crippen molar-refractivity contribution in [3.63, 3.8) is 0 Å². The molecule has 0 bridgehead atoms. The molecule has 0 aromatic heterocycles. The largest absolute Gasteiger partial charge is 0.383 e. The number of hydrogen-bond donors (Lipinski definition) is 0. The summed E-state index contributed by atoms with van der Waals surface area (Å²) in [4.78, 5) is 2.43. The lowest BCUT2D eigenvalue weighted by atomic mass is 10.2. The zero-order chi connectivity index (χ0) is 19.7. The molecule has 1 aromatic carbocycles. The molecule has 2 aliphatic rings. The van der Waals surface area contributed by atoms with E-state index in [0.717, 1.165) is 5.56 Å². The summed E-state index contributed by atoms with van der Waals surface area (Å²) in [7, 11) is -5.03. The van der Waals surface area contributed by atoms with E-state index in [-0.39, 0.29) is 29.4 Å². The monoisotopic (exact) mass is 418 g/mol. The maximum Gasteiger partial charge on any atom is 0.216 e. The fourth-order valence-electron chi connectivity index (χ4n) is 3.62. The molecule has 2 atom stereocenters. The lowest BCUT2D eigenvalue weighted by Gasteiger charge is -2.28. The van der Waals surface area contributed by atoms with Crippen molar-refractivity contribution in [1.82, 2.24) is 9.21 Å². The molecule has 2 saturated heterocycles. The van der Waals surface area contributed by atoms with Gasteiger partial charge in [-0.25, -0.2) is 16.8 Å². The van der Waals surface area contributed by atoms with E-state index in [2.05, 4.69) is 4.90 Å². The van der Waals surface area contributed by atoms with E-state index in [4.69, 9.17) is 9.47 Å². The molecule has 2 fully saturated rings. The first kappa shape index (κ1) is 20.7. The number of likely N-dealkylation sites (tertiary alicyclic amines) is 1. The van der Waals surface area contributed by atoms with Crippen molar-refractivity contribution in [3.05, 3.63) is 29.8 Å². The standard InChI is InChI=1S/C17H26N2O6S2/c1-24-8-7-19-16-12-18(13-17(16)25-9-10-27(19,22)23)11-14-3-5-15(6-4-14)26(2,20)21/h3-6,16-17H,7-13H2,1-2H3/t16-,17+/m1/s1. The summed E-state index contributed by atoms with van der Waals surface area (Å²) in [5.74, 6) is -0.00331. The number of rotatable bonds is 6. The van der Waals surface area contributed by atoms with E-state index < -0.39 is 19.9 Å². The van der Waals surface area contributed by atoms with E-state index in [1.807, 2.05) is 0 Å². The Kier molecular flexibility index (Phi) is 6.24. The van der Waals surface area contributed by atoms with Gasteiger partial charge in [0.15, 0.2) is 9.84 Å². The number of sulfonamides is 1. The topological polar surface area (TPSA) is 93.2 Å². The second-order valence-electron chi connectivity index (χ2n) is 7.01. The lowest BCUT2D eigenvalue weighted by molar-refractivity contribution is 0.0431. The molecule has 3 rings (SSSR count). The van der Waals surface area contributed by atoms with Crippen LogP contribution >= 0.6 is 0 Å². The van der Waals surface area contributed by atoms with Crippen molar-refractivity contribution in [1.29, 1.82) is 0 Å². The Bertz CT molecular complexity index is 854. The van der Waals surface area contributed by atoms with Crippen LogP contribution in [-0.4, -0.2) is 90.2 Å². The maximum atomic E-state index is 12.6. The van der Waals surface area contributed by atoms with Crippen molar-refractivity contribution in [2.45, 2.75) is 23.6 Å². The van der Waals surface area contributed by atoms with Crippen LogP contribution < -0.4 is 0 Å². The molecule has 0 N–H and O–H groups in total. The molecular formula is C17H26N2O6S2. The minimum atomic E-state index is -3.37. The highest BCUT2D eigenvalue weighted by molar-refractivity contribution is 7.90. The van der Waals surface area contributed by atoms with Crippen molar-refractivity contribution in [2.24, 2.45) is 0 Å². The van der Waals surface area contributed by atoms with Crippen LogP contribution in [0.15, 0.2) is 29.2 Å². The Hall–Kier alpha value is -1.04. The van der Waals surface area contributed by atoms with Gasteiger partial charge in [-0.1, -0.05) is 12.1 Å². The Morgan fingerprint density at radius 2 is 1.93 bits per heavy atom. The molecular weight excluding hydrogens is 392 g/mol. The maximum absolute atomic E-state index is 12.6. The molecule has 0 unspecified atom stereocenters. The highest BCUT2D eigenvalue weighted by Gasteiger charge is 2.44. The van der Waals surface area contributed by atoms with Crippen LogP contribution in [0, 0.1) is 0 Å². The fourth-order valence-corrected chi connectivity index (χ4v) is 5.76. The summed E-state index contributed by atoms with van der Waals surface area (Å²) in [5.41, 5.74) is 0.977. The predicted octanol–water partition coefficient (Wildman–Crippen LogP) is -0.0487. The average molecular weight is 419 g/mol. The van der Waals surface area contributed by atoms with Crippen LogP contribution in [0.1, 0.15) is 5.56 Å². The molecule has 2 aliphatic heterocycles. The molecule has 2 heterocycles. The summed E-state index contributed by atoms with van der Waals surface area (Å²) in [6.45, 7) is 2.68. The Balaban J connectivity index is 1.72. The zero-order valence-corrected chi connectivity index (χ0v) is 17.2. The minimum absolute atomic E-state index is 0.00331. The Morgan fingerprint density at radius 3 is 2.56 bits per heavy atom. The number of fused-ring (bicyclic) bond motifs is 1. The Labute approximate surface area is 161 Å². The van der Waals surface area contributed by atoms with E-state index in [0.29, 0.717) is 32.8 Å².